The molecule has 2 aliphatic heterocycles. The molecule has 0 saturated carbocycles. The molecule has 2 fully saturated rings. The van der Waals surface area contributed by atoms with Crippen LogP contribution in [0.2, 0.25) is 0 Å². The highest BCUT2D eigenvalue weighted by molar-refractivity contribution is 4.97. The van der Waals surface area contributed by atoms with Crippen LogP contribution < -0.4 is 5.32 Å². The molecule has 2 saturated heterocycles. The quantitative estimate of drug-likeness (QED) is 0.797. The first-order valence-corrected chi connectivity index (χ1v) is 8.27. The normalized spacial score (nSPS) is 33.6. The molecule has 0 aromatic rings. The summed E-state index contributed by atoms with van der Waals surface area (Å²) >= 11 is 0. The van der Waals surface area contributed by atoms with Crippen LogP contribution >= 0.6 is 0 Å². The maximum absolute atomic E-state index is 3.76. The molecule has 3 atom stereocenters. The Kier molecular flexibility index (Phi) is 5.67. The molecule has 112 valence electrons. The van der Waals surface area contributed by atoms with E-state index in [1.807, 2.05) is 0 Å². The van der Waals surface area contributed by atoms with Crippen molar-refractivity contribution in [2.24, 2.45) is 0 Å². The van der Waals surface area contributed by atoms with Gasteiger partial charge in [0, 0.05) is 30.7 Å². The minimum atomic E-state index is 0.706. The van der Waals surface area contributed by atoms with Gasteiger partial charge in [-0.1, -0.05) is 13.3 Å². The maximum atomic E-state index is 3.76. The molecule has 0 radical (unpaired) electrons. The average molecular weight is 267 g/mol. The standard InChI is InChI=1S/C16H33N3/c1-5-9-17-14-10-15-7-6-8-16(11-14)19(15)13(2)12-18(3)4/h13-17H,5-12H2,1-4H3. The number of fused-ring (bicyclic) bond motifs is 2. The van der Waals surface area contributed by atoms with Crippen molar-refractivity contribution in [3.05, 3.63) is 0 Å². The summed E-state index contributed by atoms with van der Waals surface area (Å²) in [5.41, 5.74) is 0. The summed E-state index contributed by atoms with van der Waals surface area (Å²) in [6, 6.07) is 3.14. The van der Waals surface area contributed by atoms with Crippen LogP contribution in [0.5, 0.6) is 0 Å². The summed E-state index contributed by atoms with van der Waals surface area (Å²) in [5, 5.41) is 3.76. The summed E-state index contributed by atoms with van der Waals surface area (Å²) in [7, 11) is 4.39. The Morgan fingerprint density at radius 1 is 1.21 bits per heavy atom. The van der Waals surface area contributed by atoms with Crippen molar-refractivity contribution in [1.82, 2.24) is 15.1 Å². The average Bonchev–Trinajstić information content (AvgIpc) is 2.34. The van der Waals surface area contributed by atoms with Gasteiger partial charge < -0.3 is 10.2 Å². The topological polar surface area (TPSA) is 18.5 Å². The Bertz CT molecular complexity index is 253. The van der Waals surface area contributed by atoms with E-state index in [2.05, 4.69) is 43.1 Å². The summed E-state index contributed by atoms with van der Waals surface area (Å²) < 4.78 is 0. The monoisotopic (exact) mass is 267 g/mol. The molecule has 2 rings (SSSR count). The van der Waals surface area contributed by atoms with E-state index < -0.39 is 0 Å². The molecule has 0 aromatic carbocycles. The first kappa shape index (κ1) is 15.3. The predicted molar refractivity (Wildman–Crippen MR) is 82.6 cm³/mol. The Hall–Kier alpha value is -0.120. The Labute approximate surface area is 119 Å². The minimum Gasteiger partial charge on any atom is -0.314 e. The summed E-state index contributed by atoms with van der Waals surface area (Å²) in [6.07, 6.45) is 8.27. The van der Waals surface area contributed by atoms with Crippen molar-refractivity contribution in [3.8, 4) is 0 Å². The Morgan fingerprint density at radius 3 is 2.37 bits per heavy atom. The van der Waals surface area contributed by atoms with Crippen molar-refractivity contribution >= 4 is 0 Å². The third-order valence-electron chi connectivity index (χ3n) is 4.85. The largest absolute Gasteiger partial charge is 0.314 e. The van der Waals surface area contributed by atoms with Crippen LogP contribution in [0, 0.1) is 0 Å². The van der Waals surface area contributed by atoms with Crippen LogP contribution in [-0.2, 0) is 0 Å². The fraction of sp³-hybridized carbons (Fsp3) is 1.00. The van der Waals surface area contributed by atoms with Gasteiger partial charge in [-0.3, -0.25) is 4.90 Å². The molecular weight excluding hydrogens is 234 g/mol. The van der Waals surface area contributed by atoms with Gasteiger partial charge in [0.1, 0.15) is 0 Å². The molecule has 0 amide bonds. The maximum Gasteiger partial charge on any atom is 0.0200 e. The molecule has 0 aliphatic carbocycles. The number of piperidine rings is 2. The smallest absolute Gasteiger partial charge is 0.0200 e. The van der Waals surface area contributed by atoms with Crippen molar-refractivity contribution in [3.63, 3.8) is 0 Å². The summed E-state index contributed by atoms with van der Waals surface area (Å²) in [5.74, 6) is 0. The van der Waals surface area contributed by atoms with E-state index in [1.165, 1.54) is 51.6 Å². The zero-order chi connectivity index (χ0) is 13.8. The molecule has 2 aliphatic rings. The van der Waals surface area contributed by atoms with Gasteiger partial charge in [0.15, 0.2) is 0 Å². The van der Waals surface area contributed by atoms with Crippen LogP contribution in [0.15, 0.2) is 0 Å². The molecule has 2 heterocycles. The van der Waals surface area contributed by atoms with Gasteiger partial charge in [0.25, 0.3) is 0 Å². The fourth-order valence-electron chi connectivity index (χ4n) is 4.28. The molecule has 1 N–H and O–H groups in total. The van der Waals surface area contributed by atoms with E-state index in [9.17, 15) is 0 Å². The number of hydrogen-bond donors (Lipinski definition) is 1. The Balaban J connectivity index is 1.95. The highest BCUT2D eigenvalue weighted by Gasteiger charge is 2.40. The van der Waals surface area contributed by atoms with Gasteiger partial charge in [0.2, 0.25) is 0 Å². The van der Waals surface area contributed by atoms with Crippen LogP contribution in [-0.4, -0.2) is 61.2 Å². The fourth-order valence-corrected chi connectivity index (χ4v) is 4.28. The van der Waals surface area contributed by atoms with Crippen LogP contribution in [0.3, 0.4) is 0 Å². The van der Waals surface area contributed by atoms with Gasteiger partial charge in [-0.2, -0.15) is 0 Å². The van der Waals surface area contributed by atoms with Gasteiger partial charge in [-0.25, -0.2) is 0 Å². The van der Waals surface area contributed by atoms with Crippen LogP contribution in [0.4, 0.5) is 0 Å². The predicted octanol–water partition coefficient (Wildman–Crippen LogP) is 2.32. The van der Waals surface area contributed by atoms with Crippen molar-refractivity contribution < 1.29 is 0 Å². The van der Waals surface area contributed by atoms with Gasteiger partial charge in [-0.15, -0.1) is 0 Å². The number of likely N-dealkylation sites (N-methyl/N-ethyl adjacent to an activating group) is 1. The zero-order valence-electron chi connectivity index (χ0n) is 13.4. The SMILES string of the molecule is CCCNC1CC2CCCC(C1)N2C(C)CN(C)C. The van der Waals surface area contributed by atoms with E-state index in [0.717, 1.165) is 18.1 Å². The molecule has 19 heavy (non-hydrogen) atoms. The number of hydrogen-bond acceptors (Lipinski definition) is 3. The van der Waals surface area contributed by atoms with Crippen molar-refractivity contribution in [2.75, 3.05) is 27.2 Å². The van der Waals surface area contributed by atoms with Crippen LogP contribution in [0.1, 0.15) is 52.4 Å². The van der Waals surface area contributed by atoms with Crippen molar-refractivity contribution in [2.45, 2.75) is 76.5 Å². The van der Waals surface area contributed by atoms with Gasteiger partial charge in [0.05, 0.1) is 0 Å². The molecule has 0 aromatic heterocycles. The Morgan fingerprint density at radius 2 is 1.84 bits per heavy atom. The lowest BCUT2D eigenvalue weighted by Crippen LogP contribution is -2.60. The third kappa shape index (κ3) is 3.93. The number of rotatable bonds is 6. The van der Waals surface area contributed by atoms with E-state index in [1.54, 1.807) is 0 Å². The second kappa shape index (κ2) is 7.05. The first-order valence-electron chi connectivity index (χ1n) is 8.27. The van der Waals surface area contributed by atoms with Gasteiger partial charge >= 0.3 is 0 Å². The third-order valence-corrected chi connectivity index (χ3v) is 4.85. The molecule has 3 nitrogen and oxygen atoms in total. The molecular formula is C16H33N3. The first-order chi connectivity index (χ1) is 9.11. The molecule has 3 unspecified atom stereocenters. The number of nitrogens with zero attached hydrogens (tertiary/aromatic N) is 2. The molecule has 0 spiro atoms. The van der Waals surface area contributed by atoms with E-state index in [4.69, 9.17) is 0 Å². The lowest BCUT2D eigenvalue weighted by atomic mass is 9.80. The van der Waals surface area contributed by atoms with E-state index >= 15 is 0 Å². The highest BCUT2D eigenvalue weighted by atomic mass is 15.3. The summed E-state index contributed by atoms with van der Waals surface area (Å²) in [6.45, 7) is 7.07. The minimum absolute atomic E-state index is 0.706. The van der Waals surface area contributed by atoms with Gasteiger partial charge in [-0.05, 0) is 59.7 Å². The zero-order valence-corrected chi connectivity index (χ0v) is 13.4. The highest BCUT2D eigenvalue weighted by Crippen LogP contribution is 2.35. The summed E-state index contributed by atoms with van der Waals surface area (Å²) in [4.78, 5) is 5.19. The molecule has 2 bridgehead atoms. The number of nitrogens with one attached hydrogen (secondary N) is 1. The van der Waals surface area contributed by atoms with Crippen molar-refractivity contribution in [1.29, 1.82) is 0 Å². The lowest BCUT2D eigenvalue weighted by molar-refractivity contribution is -0.0118. The van der Waals surface area contributed by atoms with E-state index in [-0.39, 0.29) is 0 Å². The lowest BCUT2D eigenvalue weighted by Gasteiger charge is -2.52. The molecule has 3 heteroatoms. The second-order valence-electron chi connectivity index (χ2n) is 6.92. The van der Waals surface area contributed by atoms with Crippen LogP contribution in [0.25, 0.3) is 0 Å². The van der Waals surface area contributed by atoms with E-state index in [0.29, 0.717) is 6.04 Å². The second-order valence-corrected chi connectivity index (χ2v) is 6.92.